The van der Waals surface area contributed by atoms with Crippen LogP contribution in [0.25, 0.3) is 22.6 Å². The van der Waals surface area contributed by atoms with Crippen LogP contribution in [0.5, 0.6) is 5.75 Å². The number of amides is 1. The van der Waals surface area contributed by atoms with Crippen molar-refractivity contribution < 1.29 is 27.1 Å². The molecule has 1 amide bonds. The van der Waals surface area contributed by atoms with Crippen molar-refractivity contribution in [3.63, 3.8) is 0 Å². The molecule has 0 saturated carbocycles. The normalized spacial score (nSPS) is 11.1. The van der Waals surface area contributed by atoms with Crippen molar-refractivity contribution >= 4 is 22.6 Å². The van der Waals surface area contributed by atoms with Crippen molar-refractivity contribution in [2.75, 3.05) is 18.5 Å². The Balaban J connectivity index is 1.24. The first kappa shape index (κ1) is 25.1. The molecule has 0 atom stereocenters. The molecule has 0 spiro atoms. The largest absolute Gasteiger partial charge is 0.493 e. The molecule has 194 valence electrons. The van der Waals surface area contributed by atoms with E-state index < -0.39 is 17.5 Å². The zero-order valence-electron chi connectivity index (χ0n) is 20.5. The number of nitrogens with one attached hydrogen (secondary N) is 2. The zero-order chi connectivity index (χ0) is 26.5. The predicted octanol–water partition coefficient (Wildman–Crippen LogP) is 5.88. The number of ether oxygens (including phenoxy) is 1. The van der Waals surface area contributed by atoms with Gasteiger partial charge in [-0.05, 0) is 55.8 Å². The zero-order valence-corrected chi connectivity index (χ0v) is 20.5. The molecule has 5 aromatic rings. The molecule has 3 aromatic heterocycles. The lowest BCUT2D eigenvalue weighted by Gasteiger charge is -2.08. The van der Waals surface area contributed by atoms with Crippen molar-refractivity contribution in [1.29, 1.82) is 0 Å². The van der Waals surface area contributed by atoms with Gasteiger partial charge in [0, 0.05) is 36.3 Å². The molecule has 0 aliphatic rings. The third-order valence-electron chi connectivity index (χ3n) is 5.77. The van der Waals surface area contributed by atoms with Gasteiger partial charge in [-0.15, -0.1) is 0 Å². The molecular formula is C28H24F2N4O4. The Kier molecular flexibility index (Phi) is 7.41. The van der Waals surface area contributed by atoms with Gasteiger partial charge in [0.15, 0.2) is 11.5 Å². The molecule has 38 heavy (non-hydrogen) atoms. The van der Waals surface area contributed by atoms with Gasteiger partial charge in [-0.2, -0.15) is 0 Å². The fourth-order valence-electron chi connectivity index (χ4n) is 4.01. The van der Waals surface area contributed by atoms with Gasteiger partial charge in [0.2, 0.25) is 0 Å². The van der Waals surface area contributed by atoms with Crippen LogP contribution in [0.15, 0.2) is 76.0 Å². The summed E-state index contributed by atoms with van der Waals surface area (Å²) in [5.41, 5.74) is 2.34. The Bertz CT molecular complexity index is 1550. The standard InChI is InChI=1S/C28H24F2N4O4/c1-17-25-23(36-10-4-9-32-15-18-5-3-8-31-14-18)6-2-7-24(25)38-26(17)28-34-22(16-37-28)27(35)33-21-12-19(29)11-20(30)13-21/h2-3,5-8,11-14,16,32H,4,9-10,15H2,1H3,(H,33,35). The molecule has 2 N–H and O–H groups in total. The molecular weight excluding hydrogens is 494 g/mol. The molecule has 0 bridgehead atoms. The summed E-state index contributed by atoms with van der Waals surface area (Å²) in [5, 5.41) is 6.55. The minimum absolute atomic E-state index is 0.0361. The lowest BCUT2D eigenvalue weighted by atomic mass is 10.1. The molecule has 0 saturated heterocycles. The minimum atomic E-state index is -0.807. The number of fused-ring (bicyclic) bond motifs is 1. The second-order valence-corrected chi connectivity index (χ2v) is 8.58. The number of rotatable bonds is 10. The van der Waals surface area contributed by atoms with Crippen LogP contribution in [0, 0.1) is 18.6 Å². The van der Waals surface area contributed by atoms with Crippen LogP contribution >= 0.6 is 0 Å². The maximum absolute atomic E-state index is 13.4. The Morgan fingerprint density at radius 1 is 1.11 bits per heavy atom. The number of hydrogen-bond donors (Lipinski definition) is 2. The number of hydrogen-bond acceptors (Lipinski definition) is 7. The average Bonchev–Trinajstić information content (AvgIpc) is 3.51. The summed E-state index contributed by atoms with van der Waals surface area (Å²) < 4.78 is 44.4. The van der Waals surface area contributed by atoms with Crippen molar-refractivity contribution in [2.24, 2.45) is 0 Å². The van der Waals surface area contributed by atoms with E-state index >= 15 is 0 Å². The van der Waals surface area contributed by atoms with Gasteiger partial charge >= 0.3 is 0 Å². The van der Waals surface area contributed by atoms with E-state index in [2.05, 4.69) is 20.6 Å². The predicted molar refractivity (Wildman–Crippen MR) is 137 cm³/mol. The summed E-state index contributed by atoms with van der Waals surface area (Å²) in [4.78, 5) is 20.8. The fourth-order valence-corrected chi connectivity index (χ4v) is 4.01. The number of halogens is 2. The van der Waals surface area contributed by atoms with Gasteiger partial charge in [-0.1, -0.05) is 12.1 Å². The maximum Gasteiger partial charge on any atom is 0.277 e. The van der Waals surface area contributed by atoms with Gasteiger partial charge < -0.3 is 24.2 Å². The quantitative estimate of drug-likeness (QED) is 0.223. The van der Waals surface area contributed by atoms with Crippen LogP contribution in [-0.4, -0.2) is 29.0 Å². The van der Waals surface area contributed by atoms with Crippen LogP contribution in [0.2, 0.25) is 0 Å². The number of carbonyl (C=O) groups is 1. The van der Waals surface area contributed by atoms with E-state index in [1.165, 1.54) is 0 Å². The SMILES string of the molecule is Cc1c(-c2nc(C(=O)Nc3cc(F)cc(F)c3)co2)oc2cccc(OCCCNCc3cccnc3)c12. The van der Waals surface area contributed by atoms with Crippen molar-refractivity contribution in [3.8, 4) is 17.4 Å². The van der Waals surface area contributed by atoms with Gasteiger partial charge in [0.05, 0.1) is 12.0 Å². The summed E-state index contributed by atoms with van der Waals surface area (Å²) >= 11 is 0. The molecule has 0 unspecified atom stereocenters. The first-order valence-electron chi connectivity index (χ1n) is 12.0. The summed E-state index contributed by atoms with van der Waals surface area (Å²) in [6, 6.07) is 12.2. The molecule has 8 nitrogen and oxygen atoms in total. The third-order valence-corrected chi connectivity index (χ3v) is 5.77. The van der Waals surface area contributed by atoms with Crippen molar-refractivity contribution in [1.82, 2.24) is 15.3 Å². The van der Waals surface area contributed by atoms with Crippen LogP contribution in [0.3, 0.4) is 0 Å². The highest BCUT2D eigenvalue weighted by Gasteiger charge is 2.22. The number of aryl methyl sites for hydroxylation is 1. The van der Waals surface area contributed by atoms with E-state index in [0.717, 1.165) is 54.4 Å². The fraction of sp³-hybridized carbons (Fsp3) is 0.179. The number of aromatic nitrogens is 2. The van der Waals surface area contributed by atoms with Crippen molar-refractivity contribution in [3.05, 3.63) is 95.6 Å². The number of carbonyl (C=O) groups excluding carboxylic acids is 1. The summed E-state index contributed by atoms with van der Waals surface area (Å²) in [7, 11) is 0. The van der Waals surface area contributed by atoms with E-state index in [4.69, 9.17) is 13.6 Å². The van der Waals surface area contributed by atoms with Gasteiger partial charge in [0.1, 0.15) is 29.2 Å². The molecule has 0 aliphatic heterocycles. The van der Waals surface area contributed by atoms with E-state index in [9.17, 15) is 13.6 Å². The van der Waals surface area contributed by atoms with E-state index in [1.54, 1.807) is 6.20 Å². The number of furan rings is 1. The molecule has 0 fully saturated rings. The number of benzene rings is 2. The summed E-state index contributed by atoms with van der Waals surface area (Å²) in [6.07, 6.45) is 5.53. The summed E-state index contributed by atoms with van der Waals surface area (Å²) in [5.74, 6) is -1.18. The Morgan fingerprint density at radius 2 is 1.95 bits per heavy atom. The second-order valence-electron chi connectivity index (χ2n) is 8.58. The highest BCUT2D eigenvalue weighted by Crippen LogP contribution is 2.37. The highest BCUT2D eigenvalue weighted by molar-refractivity contribution is 6.03. The lowest BCUT2D eigenvalue weighted by molar-refractivity contribution is 0.102. The van der Waals surface area contributed by atoms with Gasteiger partial charge in [-0.25, -0.2) is 13.8 Å². The Hall–Kier alpha value is -4.57. The van der Waals surface area contributed by atoms with E-state index in [0.29, 0.717) is 29.8 Å². The van der Waals surface area contributed by atoms with Crippen LogP contribution in [0.1, 0.15) is 28.0 Å². The molecule has 10 heteroatoms. The molecule has 0 radical (unpaired) electrons. The molecule has 2 aromatic carbocycles. The van der Waals surface area contributed by atoms with Crippen molar-refractivity contribution in [2.45, 2.75) is 19.9 Å². The third kappa shape index (κ3) is 5.70. The minimum Gasteiger partial charge on any atom is -0.493 e. The topological polar surface area (TPSA) is 102 Å². The van der Waals surface area contributed by atoms with E-state index in [1.807, 2.05) is 43.5 Å². The summed E-state index contributed by atoms with van der Waals surface area (Å²) in [6.45, 7) is 3.87. The highest BCUT2D eigenvalue weighted by atomic mass is 19.1. The number of anilines is 1. The van der Waals surface area contributed by atoms with Crippen LogP contribution in [-0.2, 0) is 6.54 Å². The second kappa shape index (κ2) is 11.2. The average molecular weight is 519 g/mol. The number of pyridine rings is 1. The monoisotopic (exact) mass is 518 g/mol. The molecule has 0 aliphatic carbocycles. The van der Waals surface area contributed by atoms with Crippen LogP contribution in [0.4, 0.5) is 14.5 Å². The van der Waals surface area contributed by atoms with Gasteiger partial charge in [0.25, 0.3) is 11.8 Å². The lowest BCUT2D eigenvalue weighted by Crippen LogP contribution is -2.17. The smallest absolute Gasteiger partial charge is 0.277 e. The van der Waals surface area contributed by atoms with E-state index in [-0.39, 0.29) is 17.3 Å². The first-order chi connectivity index (χ1) is 18.5. The molecule has 5 rings (SSSR count). The van der Waals surface area contributed by atoms with Crippen LogP contribution < -0.4 is 15.4 Å². The Morgan fingerprint density at radius 3 is 2.74 bits per heavy atom. The molecule has 3 heterocycles. The number of oxazole rings is 1. The van der Waals surface area contributed by atoms with Gasteiger partial charge in [-0.3, -0.25) is 9.78 Å². The Labute approximate surface area is 216 Å². The maximum atomic E-state index is 13.4. The number of nitrogens with zero attached hydrogens (tertiary/aromatic N) is 2. The first-order valence-corrected chi connectivity index (χ1v) is 12.0.